The van der Waals surface area contributed by atoms with E-state index in [9.17, 15) is 13.2 Å². The summed E-state index contributed by atoms with van der Waals surface area (Å²) in [6.45, 7) is 3.60. The monoisotopic (exact) mass is 585 g/mol. The molecule has 1 heterocycles. The van der Waals surface area contributed by atoms with Gasteiger partial charge in [-0.3, -0.25) is 0 Å². The van der Waals surface area contributed by atoms with Crippen LogP contribution in [0.2, 0.25) is 0 Å². The lowest BCUT2D eigenvalue weighted by Crippen LogP contribution is -2.40. The van der Waals surface area contributed by atoms with Crippen molar-refractivity contribution in [3.05, 3.63) is 113 Å². The fraction of sp³-hybridized carbons (Fsp3) is 0.333. The van der Waals surface area contributed by atoms with Crippen LogP contribution in [0.1, 0.15) is 41.0 Å². The molecule has 2 atom stereocenters. The molecule has 1 aliphatic rings. The first kappa shape index (κ1) is 30.8. The number of nitrogens with one attached hydrogen (secondary N) is 1. The van der Waals surface area contributed by atoms with E-state index >= 15 is 0 Å². The third kappa shape index (κ3) is 8.69. The second-order valence-electron chi connectivity index (χ2n) is 10.1. The largest absolute Gasteiger partial charge is 0.494 e. The lowest BCUT2D eigenvalue weighted by molar-refractivity contribution is -0.137. The molecule has 0 spiro atoms. The van der Waals surface area contributed by atoms with Crippen LogP contribution in [0.25, 0.3) is 10.8 Å². The van der Waals surface area contributed by atoms with E-state index in [4.69, 9.17) is 14.2 Å². The summed E-state index contributed by atoms with van der Waals surface area (Å²) in [5.74, 6) is 1.11. The van der Waals surface area contributed by atoms with Gasteiger partial charge in [-0.2, -0.15) is 13.2 Å². The van der Waals surface area contributed by atoms with Crippen molar-refractivity contribution in [3.63, 3.8) is 0 Å². The highest BCUT2D eigenvalue weighted by molar-refractivity contribution is 5.85. The Labute approximate surface area is 245 Å². The van der Waals surface area contributed by atoms with Crippen molar-refractivity contribution in [3.8, 4) is 5.75 Å². The van der Waals surface area contributed by atoms with Crippen LogP contribution < -0.4 is 10.1 Å². The number of alkyl halides is 3. The lowest BCUT2D eigenvalue weighted by Gasteiger charge is -2.32. The fourth-order valence-electron chi connectivity index (χ4n) is 5.06. The SMILES string of the molecule is Cl.FC(F)(F)c1ccc(COCCCOc2ccc(C3CCNCC3OCc3ccc4ccccc4c3)cc2)cc1. The molecular weight excluding hydrogens is 551 g/mol. The summed E-state index contributed by atoms with van der Waals surface area (Å²) >= 11 is 0. The van der Waals surface area contributed by atoms with Crippen molar-refractivity contribution in [2.45, 2.75) is 44.3 Å². The molecule has 0 aromatic heterocycles. The zero-order valence-corrected chi connectivity index (χ0v) is 23.6. The van der Waals surface area contributed by atoms with E-state index in [1.165, 1.54) is 34.0 Å². The average Bonchev–Trinajstić information content (AvgIpc) is 2.98. The minimum atomic E-state index is -4.32. The summed E-state index contributed by atoms with van der Waals surface area (Å²) < 4.78 is 55.9. The standard InChI is InChI=1S/C33H34F3NO3.ClH/c34-33(35,36)29-12-7-24(8-13-29)22-38-18-3-19-39-30-14-10-27(11-15-30)31-16-17-37-21-32(31)40-23-25-6-9-26-4-1-2-5-28(26)20-25;/h1-2,4-15,20,31-32,37H,3,16-19,21-23H2;1H. The molecular formula is C33H35ClF3NO3. The van der Waals surface area contributed by atoms with Crippen LogP contribution in [-0.4, -0.2) is 32.4 Å². The predicted molar refractivity (Wildman–Crippen MR) is 158 cm³/mol. The maximum atomic E-state index is 12.7. The van der Waals surface area contributed by atoms with Gasteiger partial charge in [-0.25, -0.2) is 0 Å². The molecule has 1 saturated heterocycles. The van der Waals surface area contributed by atoms with E-state index in [2.05, 4.69) is 59.9 Å². The van der Waals surface area contributed by atoms with Crippen molar-refractivity contribution in [2.75, 3.05) is 26.3 Å². The van der Waals surface area contributed by atoms with Crippen molar-refractivity contribution in [2.24, 2.45) is 0 Å². The van der Waals surface area contributed by atoms with Gasteiger partial charge < -0.3 is 19.5 Å². The van der Waals surface area contributed by atoms with Crippen LogP contribution in [-0.2, 0) is 28.9 Å². The second kappa shape index (κ2) is 14.7. The Morgan fingerprint density at radius 2 is 1.51 bits per heavy atom. The molecule has 0 saturated carbocycles. The number of benzene rings is 4. The van der Waals surface area contributed by atoms with Gasteiger partial charge in [-0.1, -0.05) is 60.7 Å². The number of fused-ring (bicyclic) bond motifs is 1. The molecule has 4 aromatic carbocycles. The summed E-state index contributed by atoms with van der Waals surface area (Å²) in [5.41, 5.74) is 2.48. The van der Waals surface area contributed by atoms with E-state index in [0.717, 1.165) is 37.4 Å². The Kier molecular flexibility index (Phi) is 11.1. The number of halogens is 4. The quantitative estimate of drug-likeness (QED) is 0.181. The molecule has 4 aromatic rings. The van der Waals surface area contributed by atoms with Crippen LogP contribution in [0.15, 0.2) is 91.0 Å². The maximum Gasteiger partial charge on any atom is 0.416 e. The molecule has 1 aliphatic heterocycles. The first-order chi connectivity index (χ1) is 19.5. The average molecular weight is 586 g/mol. The van der Waals surface area contributed by atoms with Gasteiger partial charge in [-0.05, 0) is 70.8 Å². The molecule has 0 bridgehead atoms. The highest BCUT2D eigenvalue weighted by Gasteiger charge is 2.30. The van der Waals surface area contributed by atoms with E-state index in [1.54, 1.807) is 0 Å². The molecule has 0 aliphatic carbocycles. The Bertz CT molecular complexity index is 1360. The fourth-order valence-corrected chi connectivity index (χ4v) is 5.06. The Morgan fingerprint density at radius 3 is 2.27 bits per heavy atom. The zero-order chi connectivity index (χ0) is 27.8. The summed E-state index contributed by atoms with van der Waals surface area (Å²) in [7, 11) is 0. The number of hydrogen-bond acceptors (Lipinski definition) is 4. The Balaban J connectivity index is 0.00000387. The minimum absolute atomic E-state index is 0. The van der Waals surface area contributed by atoms with Crippen LogP contribution in [0, 0.1) is 0 Å². The second-order valence-corrected chi connectivity index (χ2v) is 10.1. The van der Waals surface area contributed by atoms with Gasteiger partial charge in [0.1, 0.15) is 5.75 Å². The molecule has 1 N–H and O–H groups in total. The highest BCUT2D eigenvalue weighted by atomic mass is 35.5. The van der Waals surface area contributed by atoms with Crippen molar-refractivity contribution in [1.82, 2.24) is 5.32 Å². The molecule has 0 amide bonds. The van der Waals surface area contributed by atoms with Crippen LogP contribution in [0.4, 0.5) is 13.2 Å². The van der Waals surface area contributed by atoms with E-state index < -0.39 is 11.7 Å². The zero-order valence-electron chi connectivity index (χ0n) is 22.7. The topological polar surface area (TPSA) is 39.7 Å². The van der Waals surface area contributed by atoms with Crippen LogP contribution >= 0.6 is 12.4 Å². The van der Waals surface area contributed by atoms with Gasteiger partial charge in [0.2, 0.25) is 0 Å². The van der Waals surface area contributed by atoms with Gasteiger partial charge in [0.15, 0.2) is 0 Å². The van der Waals surface area contributed by atoms with Gasteiger partial charge in [0.25, 0.3) is 0 Å². The van der Waals surface area contributed by atoms with Crippen molar-refractivity contribution >= 4 is 23.2 Å². The molecule has 4 nitrogen and oxygen atoms in total. The van der Waals surface area contributed by atoms with Gasteiger partial charge in [0, 0.05) is 18.9 Å². The molecule has 218 valence electrons. The summed E-state index contributed by atoms with van der Waals surface area (Å²) in [6.07, 6.45) is -2.54. The molecule has 2 unspecified atom stereocenters. The summed E-state index contributed by atoms with van der Waals surface area (Å²) in [4.78, 5) is 0. The first-order valence-corrected chi connectivity index (χ1v) is 13.7. The van der Waals surface area contributed by atoms with Gasteiger partial charge in [-0.15, -0.1) is 12.4 Å². The lowest BCUT2D eigenvalue weighted by atomic mass is 9.87. The third-order valence-corrected chi connectivity index (χ3v) is 7.26. The Morgan fingerprint density at radius 1 is 0.780 bits per heavy atom. The molecule has 0 radical (unpaired) electrons. The third-order valence-electron chi connectivity index (χ3n) is 7.26. The van der Waals surface area contributed by atoms with Crippen molar-refractivity contribution < 1.29 is 27.4 Å². The van der Waals surface area contributed by atoms with E-state index in [0.29, 0.717) is 37.7 Å². The van der Waals surface area contributed by atoms with E-state index in [1.807, 2.05) is 12.1 Å². The number of ether oxygens (including phenoxy) is 3. The summed E-state index contributed by atoms with van der Waals surface area (Å²) in [5, 5.41) is 5.93. The molecule has 5 rings (SSSR count). The van der Waals surface area contributed by atoms with Gasteiger partial charge >= 0.3 is 6.18 Å². The van der Waals surface area contributed by atoms with E-state index in [-0.39, 0.29) is 25.1 Å². The minimum Gasteiger partial charge on any atom is -0.494 e. The Hall–Kier alpha value is -3.10. The number of rotatable bonds is 11. The number of piperidine rings is 1. The smallest absolute Gasteiger partial charge is 0.416 e. The first-order valence-electron chi connectivity index (χ1n) is 13.7. The predicted octanol–water partition coefficient (Wildman–Crippen LogP) is 7.93. The highest BCUT2D eigenvalue weighted by Crippen LogP contribution is 2.31. The number of hydrogen-bond donors (Lipinski definition) is 1. The molecule has 41 heavy (non-hydrogen) atoms. The van der Waals surface area contributed by atoms with Crippen LogP contribution in [0.5, 0.6) is 5.75 Å². The van der Waals surface area contributed by atoms with Crippen molar-refractivity contribution in [1.29, 1.82) is 0 Å². The summed E-state index contributed by atoms with van der Waals surface area (Å²) in [6, 6.07) is 28.1. The normalized spacial score (nSPS) is 17.2. The van der Waals surface area contributed by atoms with Crippen LogP contribution in [0.3, 0.4) is 0 Å². The molecule has 8 heteroatoms. The maximum absolute atomic E-state index is 12.7. The van der Waals surface area contributed by atoms with Gasteiger partial charge in [0.05, 0.1) is 38.1 Å². The molecule has 1 fully saturated rings.